The summed E-state index contributed by atoms with van der Waals surface area (Å²) >= 11 is 0. The van der Waals surface area contributed by atoms with Gasteiger partial charge in [0.1, 0.15) is 5.82 Å². The number of benzene rings is 1. The summed E-state index contributed by atoms with van der Waals surface area (Å²) in [6.07, 6.45) is 8.25. The second-order valence-corrected chi connectivity index (χ2v) is 5.52. The predicted octanol–water partition coefficient (Wildman–Crippen LogP) is 2.70. The third-order valence-electron chi connectivity index (χ3n) is 4.09. The lowest BCUT2D eigenvalue weighted by atomic mass is 10.1. The number of hydrogen-bond donors (Lipinski definition) is 0. The Morgan fingerprint density at radius 3 is 2.81 bits per heavy atom. The van der Waals surface area contributed by atoms with Gasteiger partial charge in [0, 0.05) is 25.4 Å². The zero-order valence-corrected chi connectivity index (χ0v) is 12.0. The highest BCUT2D eigenvalue weighted by atomic mass is 15.3. The van der Waals surface area contributed by atoms with Gasteiger partial charge in [0.15, 0.2) is 0 Å². The van der Waals surface area contributed by atoms with Gasteiger partial charge in [-0.25, -0.2) is 4.98 Å². The molecule has 5 heteroatoms. The normalized spacial score (nSPS) is 18.5. The third kappa shape index (κ3) is 2.14. The molecule has 3 aromatic rings. The summed E-state index contributed by atoms with van der Waals surface area (Å²) in [5, 5.41) is 4.29. The van der Waals surface area contributed by atoms with Crippen molar-refractivity contribution in [3.63, 3.8) is 0 Å². The minimum Gasteiger partial charge on any atom is -0.348 e. The first-order valence-corrected chi connectivity index (χ1v) is 7.28. The van der Waals surface area contributed by atoms with Crippen LogP contribution in [-0.2, 0) is 7.05 Å². The van der Waals surface area contributed by atoms with Crippen LogP contribution in [0.25, 0.3) is 11.0 Å². The fourth-order valence-corrected chi connectivity index (χ4v) is 3.09. The van der Waals surface area contributed by atoms with Gasteiger partial charge in [0.25, 0.3) is 0 Å². The molecule has 1 aliphatic heterocycles. The van der Waals surface area contributed by atoms with Crippen LogP contribution in [0.4, 0.5) is 5.82 Å². The average molecular weight is 279 g/mol. The number of nitrogens with zero attached hydrogens (tertiary/aromatic N) is 5. The number of fused-ring (bicyclic) bond motifs is 1. The molecule has 0 bridgehead atoms. The van der Waals surface area contributed by atoms with E-state index in [4.69, 9.17) is 4.98 Å². The minimum absolute atomic E-state index is 0.356. The maximum atomic E-state index is 4.78. The largest absolute Gasteiger partial charge is 0.348 e. The zero-order chi connectivity index (χ0) is 14.2. The van der Waals surface area contributed by atoms with Crippen LogP contribution in [0.3, 0.4) is 0 Å². The Morgan fingerprint density at radius 1 is 1.14 bits per heavy atom. The van der Waals surface area contributed by atoms with Gasteiger partial charge in [-0.3, -0.25) is 9.67 Å². The topological polar surface area (TPSA) is 46.8 Å². The molecule has 0 aliphatic carbocycles. The van der Waals surface area contributed by atoms with E-state index in [9.17, 15) is 0 Å². The van der Waals surface area contributed by atoms with Crippen molar-refractivity contribution in [2.45, 2.75) is 18.9 Å². The molecule has 0 radical (unpaired) electrons. The van der Waals surface area contributed by atoms with E-state index in [1.165, 1.54) is 12.0 Å². The number of anilines is 1. The van der Waals surface area contributed by atoms with E-state index < -0.39 is 0 Å². The summed E-state index contributed by atoms with van der Waals surface area (Å²) in [6.45, 7) is 1.02. The summed E-state index contributed by atoms with van der Waals surface area (Å²) in [4.78, 5) is 11.7. The molecule has 5 nitrogen and oxygen atoms in total. The molecular formula is C16H17N5. The lowest BCUT2D eigenvalue weighted by Crippen LogP contribution is -2.23. The number of aromatic nitrogens is 4. The molecular weight excluding hydrogens is 262 g/mol. The van der Waals surface area contributed by atoms with Gasteiger partial charge >= 0.3 is 0 Å². The van der Waals surface area contributed by atoms with Crippen molar-refractivity contribution in [3.05, 3.63) is 48.4 Å². The molecule has 1 unspecified atom stereocenters. The summed E-state index contributed by atoms with van der Waals surface area (Å²) in [6, 6.07) is 8.36. The van der Waals surface area contributed by atoms with Gasteiger partial charge in [-0.1, -0.05) is 12.1 Å². The smallest absolute Gasteiger partial charge is 0.148 e. The van der Waals surface area contributed by atoms with Crippen LogP contribution >= 0.6 is 0 Å². The Kier molecular flexibility index (Phi) is 2.84. The van der Waals surface area contributed by atoms with Gasteiger partial charge < -0.3 is 4.90 Å². The molecule has 0 N–H and O–H groups in total. The van der Waals surface area contributed by atoms with E-state index in [1.807, 2.05) is 48.4 Å². The van der Waals surface area contributed by atoms with E-state index in [1.54, 1.807) is 0 Å². The van der Waals surface area contributed by atoms with Crippen molar-refractivity contribution < 1.29 is 0 Å². The standard InChI is InChI=1S/C16H17N5/c1-20-11-12(9-18-20)15-7-4-8-21(15)16-10-17-13-5-2-3-6-14(13)19-16/h2-3,5-6,9-11,15H,4,7-8H2,1H3. The highest BCUT2D eigenvalue weighted by Gasteiger charge is 2.28. The lowest BCUT2D eigenvalue weighted by molar-refractivity contribution is 0.708. The van der Waals surface area contributed by atoms with Crippen LogP contribution in [0.1, 0.15) is 24.4 Å². The van der Waals surface area contributed by atoms with E-state index in [2.05, 4.69) is 21.2 Å². The van der Waals surface area contributed by atoms with Gasteiger partial charge in [0.05, 0.1) is 29.5 Å². The molecule has 2 aromatic heterocycles. The van der Waals surface area contributed by atoms with Crippen molar-refractivity contribution in [1.82, 2.24) is 19.7 Å². The Labute approximate surface area is 123 Å². The summed E-state index contributed by atoms with van der Waals surface area (Å²) < 4.78 is 1.86. The van der Waals surface area contributed by atoms with Gasteiger partial charge in [-0.05, 0) is 25.0 Å². The third-order valence-corrected chi connectivity index (χ3v) is 4.09. The van der Waals surface area contributed by atoms with Crippen molar-refractivity contribution in [3.8, 4) is 0 Å². The van der Waals surface area contributed by atoms with Gasteiger partial charge in [-0.2, -0.15) is 5.10 Å². The highest BCUT2D eigenvalue weighted by molar-refractivity contribution is 5.75. The van der Waals surface area contributed by atoms with Crippen LogP contribution in [0.15, 0.2) is 42.9 Å². The van der Waals surface area contributed by atoms with Crippen LogP contribution in [0.2, 0.25) is 0 Å². The van der Waals surface area contributed by atoms with Crippen molar-refractivity contribution in [1.29, 1.82) is 0 Å². The second-order valence-electron chi connectivity index (χ2n) is 5.52. The molecule has 106 valence electrons. The van der Waals surface area contributed by atoms with Crippen LogP contribution < -0.4 is 4.90 Å². The van der Waals surface area contributed by atoms with Crippen LogP contribution in [0.5, 0.6) is 0 Å². The van der Waals surface area contributed by atoms with Crippen LogP contribution in [0, 0.1) is 0 Å². The van der Waals surface area contributed by atoms with Crippen LogP contribution in [-0.4, -0.2) is 26.3 Å². The number of hydrogen-bond acceptors (Lipinski definition) is 4. The summed E-state index contributed by atoms with van der Waals surface area (Å²) in [7, 11) is 1.96. The number of aryl methyl sites for hydroxylation is 1. The molecule has 4 rings (SSSR count). The monoisotopic (exact) mass is 279 g/mol. The Morgan fingerprint density at radius 2 is 2.00 bits per heavy atom. The molecule has 3 heterocycles. The van der Waals surface area contributed by atoms with E-state index in [-0.39, 0.29) is 0 Å². The SMILES string of the molecule is Cn1cc(C2CCCN2c2cnc3ccccc3n2)cn1. The molecule has 1 atom stereocenters. The van der Waals surface area contributed by atoms with E-state index in [0.717, 1.165) is 29.8 Å². The lowest BCUT2D eigenvalue weighted by Gasteiger charge is -2.24. The average Bonchev–Trinajstić information content (AvgIpc) is 3.15. The quantitative estimate of drug-likeness (QED) is 0.723. The van der Waals surface area contributed by atoms with Crippen molar-refractivity contribution >= 4 is 16.9 Å². The van der Waals surface area contributed by atoms with E-state index >= 15 is 0 Å². The van der Waals surface area contributed by atoms with Crippen molar-refractivity contribution in [2.75, 3.05) is 11.4 Å². The first kappa shape index (κ1) is 12.3. The Hall–Kier alpha value is -2.43. The fraction of sp³-hybridized carbons (Fsp3) is 0.312. The van der Waals surface area contributed by atoms with Gasteiger partial charge in [0.2, 0.25) is 0 Å². The second kappa shape index (κ2) is 4.84. The minimum atomic E-state index is 0.356. The maximum absolute atomic E-state index is 4.78. The molecule has 21 heavy (non-hydrogen) atoms. The molecule has 0 saturated carbocycles. The maximum Gasteiger partial charge on any atom is 0.148 e. The summed E-state index contributed by atoms with van der Waals surface area (Å²) in [5.41, 5.74) is 3.15. The molecule has 1 saturated heterocycles. The molecule has 0 amide bonds. The Balaban J connectivity index is 1.72. The number of rotatable bonds is 2. The summed E-state index contributed by atoms with van der Waals surface area (Å²) in [5.74, 6) is 0.958. The highest BCUT2D eigenvalue weighted by Crippen LogP contribution is 2.35. The molecule has 1 fully saturated rings. The molecule has 0 spiro atoms. The number of para-hydroxylation sites is 2. The first-order chi connectivity index (χ1) is 10.3. The van der Waals surface area contributed by atoms with Crippen molar-refractivity contribution in [2.24, 2.45) is 7.05 Å². The Bertz CT molecular complexity index is 779. The molecule has 1 aromatic carbocycles. The zero-order valence-electron chi connectivity index (χ0n) is 12.0. The predicted molar refractivity (Wildman–Crippen MR) is 82.1 cm³/mol. The first-order valence-electron chi connectivity index (χ1n) is 7.28. The van der Waals surface area contributed by atoms with Gasteiger partial charge in [-0.15, -0.1) is 0 Å². The van der Waals surface area contributed by atoms with E-state index in [0.29, 0.717) is 6.04 Å². The fourth-order valence-electron chi connectivity index (χ4n) is 3.09. The molecule has 1 aliphatic rings.